The van der Waals surface area contributed by atoms with Crippen LogP contribution in [-0.2, 0) is 11.4 Å². The van der Waals surface area contributed by atoms with E-state index in [0.29, 0.717) is 45.9 Å². The van der Waals surface area contributed by atoms with Gasteiger partial charge in [0, 0.05) is 10.6 Å². The summed E-state index contributed by atoms with van der Waals surface area (Å²) >= 11 is 13.1. The third kappa shape index (κ3) is 6.10. The van der Waals surface area contributed by atoms with Crippen LogP contribution in [0.2, 0.25) is 10.0 Å². The number of rotatable bonds is 9. The number of ether oxygens (including phenoxy) is 2. The zero-order chi connectivity index (χ0) is 25.7. The first-order chi connectivity index (χ1) is 17.4. The maximum absolute atomic E-state index is 12.9. The number of ketones is 1. The number of carbonyl (C=O) groups is 3. The fourth-order valence-corrected chi connectivity index (χ4v) is 4.70. The largest absolute Gasteiger partial charge is 0.490 e. The fraction of sp³-hybridized carbons (Fsp3) is 0.148. The van der Waals surface area contributed by atoms with E-state index >= 15 is 0 Å². The lowest BCUT2D eigenvalue weighted by Crippen LogP contribution is -2.33. The lowest BCUT2D eigenvalue weighted by atomic mass is 10.1. The standard InChI is InChI=1S/C27H21Cl2NO5S/c1-2-34-23-13-18(12-21(29)25(23)35-16-17-6-4-3-5-7-17)14-24-26(32)30(27(33)36-24)15-22(31)19-8-10-20(28)11-9-19/h3-14H,2,15-16H2,1H3/b24-14-. The van der Waals surface area contributed by atoms with E-state index < -0.39 is 11.1 Å². The zero-order valence-corrected chi connectivity index (χ0v) is 21.5. The van der Waals surface area contributed by atoms with Gasteiger partial charge >= 0.3 is 0 Å². The SMILES string of the molecule is CCOc1cc(/C=C2\SC(=O)N(CC(=O)c3ccc(Cl)cc3)C2=O)cc(Cl)c1OCc1ccccc1. The molecular weight excluding hydrogens is 521 g/mol. The number of hydrogen-bond donors (Lipinski definition) is 0. The highest BCUT2D eigenvalue weighted by Crippen LogP contribution is 2.39. The van der Waals surface area contributed by atoms with Gasteiger partial charge in [0.2, 0.25) is 0 Å². The van der Waals surface area contributed by atoms with Gasteiger partial charge in [-0.25, -0.2) is 0 Å². The highest BCUT2D eigenvalue weighted by molar-refractivity contribution is 8.18. The number of hydrogen-bond acceptors (Lipinski definition) is 6. The molecule has 0 N–H and O–H groups in total. The number of amides is 2. The minimum atomic E-state index is -0.550. The van der Waals surface area contributed by atoms with Crippen LogP contribution in [0.4, 0.5) is 4.79 Å². The Bertz CT molecular complexity index is 1330. The van der Waals surface area contributed by atoms with E-state index in [1.165, 1.54) is 0 Å². The van der Waals surface area contributed by atoms with Gasteiger partial charge in [0.25, 0.3) is 11.1 Å². The molecule has 0 spiro atoms. The smallest absolute Gasteiger partial charge is 0.293 e. The van der Waals surface area contributed by atoms with Crippen molar-refractivity contribution in [3.8, 4) is 11.5 Å². The predicted molar refractivity (Wildman–Crippen MR) is 142 cm³/mol. The molecule has 6 nitrogen and oxygen atoms in total. The average Bonchev–Trinajstić information content (AvgIpc) is 3.12. The Morgan fingerprint density at radius 2 is 1.72 bits per heavy atom. The second kappa shape index (κ2) is 11.6. The van der Waals surface area contributed by atoms with Crippen LogP contribution in [0.25, 0.3) is 6.08 Å². The first-order valence-corrected chi connectivity index (χ1v) is 12.6. The van der Waals surface area contributed by atoms with Crippen molar-refractivity contribution in [1.82, 2.24) is 4.90 Å². The van der Waals surface area contributed by atoms with Crippen LogP contribution in [-0.4, -0.2) is 35.0 Å². The molecule has 0 atom stereocenters. The molecule has 0 aliphatic carbocycles. The molecule has 1 saturated heterocycles. The summed E-state index contributed by atoms with van der Waals surface area (Å²) in [5.74, 6) is -0.104. The van der Waals surface area contributed by atoms with Crippen LogP contribution in [0.15, 0.2) is 71.6 Å². The third-order valence-corrected chi connectivity index (χ3v) is 6.64. The van der Waals surface area contributed by atoms with Crippen molar-refractivity contribution in [2.45, 2.75) is 13.5 Å². The summed E-state index contributed by atoms with van der Waals surface area (Å²) in [6.07, 6.45) is 1.55. The van der Waals surface area contributed by atoms with Gasteiger partial charge in [-0.3, -0.25) is 19.3 Å². The van der Waals surface area contributed by atoms with E-state index in [1.807, 2.05) is 37.3 Å². The quantitative estimate of drug-likeness (QED) is 0.217. The van der Waals surface area contributed by atoms with Crippen molar-refractivity contribution in [2.75, 3.05) is 13.2 Å². The van der Waals surface area contributed by atoms with Crippen LogP contribution in [0, 0.1) is 0 Å². The normalized spacial score (nSPS) is 14.4. The van der Waals surface area contributed by atoms with Crippen molar-refractivity contribution < 1.29 is 23.9 Å². The Hall–Kier alpha value is -3.26. The van der Waals surface area contributed by atoms with Crippen molar-refractivity contribution in [3.63, 3.8) is 0 Å². The third-order valence-electron chi connectivity index (χ3n) is 5.20. The number of benzene rings is 3. The summed E-state index contributed by atoms with van der Waals surface area (Å²) in [6.45, 7) is 2.16. The number of thioether (sulfide) groups is 1. The Morgan fingerprint density at radius 3 is 2.42 bits per heavy atom. The van der Waals surface area contributed by atoms with Crippen LogP contribution in [0.1, 0.15) is 28.4 Å². The summed E-state index contributed by atoms with van der Waals surface area (Å²) in [4.78, 5) is 39.1. The number of Topliss-reactive ketones (excluding diaryl/α,β-unsaturated/α-hetero) is 1. The van der Waals surface area contributed by atoms with E-state index in [9.17, 15) is 14.4 Å². The summed E-state index contributed by atoms with van der Waals surface area (Å²) in [7, 11) is 0. The zero-order valence-electron chi connectivity index (χ0n) is 19.2. The summed E-state index contributed by atoms with van der Waals surface area (Å²) < 4.78 is 11.7. The second-order valence-electron chi connectivity index (χ2n) is 7.74. The van der Waals surface area contributed by atoms with E-state index in [1.54, 1.807) is 42.5 Å². The highest BCUT2D eigenvalue weighted by atomic mass is 35.5. The first kappa shape index (κ1) is 25.8. The predicted octanol–water partition coefficient (Wildman–Crippen LogP) is 6.89. The molecule has 184 valence electrons. The molecule has 0 bridgehead atoms. The maximum Gasteiger partial charge on any atom is 0.293 e. The van der Waals surface area contributed by atoms with Gasteiger partial charge in [0.1, 0.15) is 6.61 Å². The molecule has 0 radical (unpaired) electrons. The summed E-state index contributed by atoms with van der Waals surface area (Å²) in [5.41, 5.74) is 1.90. The van der Waals surface area contributed by atoms with Gasteiger partial charge in [-0.15, -0.1) is 0 Å². The van der Waals surface area contributed by atoms with Gasteiger partial charge in [-0.1, -0.05) is 53.5 Å². The molecular formula is C27H21Cl2NO5S. The van der Waals surface area contributed by atoms with Crippen molar-refractivity contribution >= 4 is 58.0 Å². The molecule has 3 aromatic rings. The van der Waals surface area contributed by atoms with Crippen molar-refractivity contribution in [1.29, 1.82) is 0 Å². The molecule has 1 fully saturated rings. The topological polar surface area (TPSA) is 72.9 Å². The van der Waals surface area contributed by atoms with Gasteiger partial charge < -0.3 is 9.47 Å². The molecule has 0 aromatic heterocycles. The molecule has 1 heterocycles. The second-order valence-corrected chi connectivity index (χ2v) is 9.57. The molecule has 0 unspecified atom stereocenters. The molecule has 3 aromatic carbocycles. The lowest BCUT2D eigenvalue weighted by Gasteiger charge is -2.15. The fourth-order valence-electron chi connectivity index (χ4n) is 3.46. The number of carbonyl (C=O) groups excluding carboxylic acids is 3. The van der Waals surface area contributed by atoms with Gasteiger partial charge in [-0.2, -0.15) is 0 Å². The summed E-state index contributed by atoms with van der Waals surface area (Å²) in [6, 6.07) is 19.2. The Balaban J connectivity index is 1.53. The minimum absolute atomic E-state index is 0.181. The Labute approximate surface area is 222 Å². The molecule has 4 rings (SSSR count). The molecule has 1 aliphatic heterocycles. The lowest BCUT2D eigenvalue weighted by molar-refractivity contribution is -0.122. The molecule has 0 saturated carbocycles. The number of halogens is 2. The van der Waals surface area contributed by atoms with Crippen molar-refractivity contribution in [2.24, 2.45) is 0 Å². The van der Waals surface area contributed by atoms with Crippen molar-refractivity contribution in [3.05, 3.63) is 98.4 Å². The van der Waals surface area contributed by atoms with Gasteiger partial charge in [0.15, 0.2) is 17.3 Å². The first-order valence-electron chi connectivity index (χ1n) is 11.0. The van der Waals surface area contributed by atoms with Gasteiger partial charge in [-0.05, 0) is 72.3 Å². The van der Waals surface area contributed by atoms with Gasteiger partial charge in [0.05, 0.1) is 23.1 Å². The maximum atomic E-state index is 12.9. The highest BCUT2D eigenvalue weighted by Gasteiger charge is 2.36. The van der Waals surface area contributed by atoms with Crippen LogP contribution in [0.3, 0.4) is 0 Å². The van der Waals surface area contributed by atoms with E-state index in [2.05, 4.69) is 0 Å². The number of imide groups is 1. The van der Waals surface area contributed by atoms with E-state index in [0.717, 1.165) is 22.2 Å². The monoisotopic (exact) mass is 541 g/mol. The van der Waals surface area contributed by atoms with Crippen LogP contribution >= 0.6 is 35.0 Å². The van der Waals surface area contributed by atoms with E-state index in [4.69, 9.17) is 32.7 Å². The minimum Gasteiger partial charge on any atom is -0.490 e. The van der Waals surface area contributed by atoms with E-state index in [-0.39, 0.29) is 17.2 Å². The molecule has 1 aliphatic rings. The van der Waals surface area contributed by atoms with Crippen LogP contribution in [0.5, 0.6) is 11.5 Å². The molecule has 2 amide bonds. The Morgan fingerprint density at radius 1 is 1.00 bits per heavy atom. The Kier molecular flexibility index (Phi) is 8.36. The molecule has 9 heteroatoms. The molecule has 36 heavy (non-hydrogen) atoms. The number of nitrogens with zero attached hydrogens (tertiary/aromatic N) is 1. The average molecular weight is 542 g/mol. The summed E-state index contributed by atoms with van der Waals surface area (Å²) in [5, 5.41) is 0.273. The van der Waals surface area contributed by atoms with Crippen LogP contribution < -0.4 is 9.47 Å².